The number of aromatic nitrogens is 2. The fourth-order valence-corrected chi connectivity index (χ4v) is 2.87. The first-order valence-corrected chi connectivity index (χ1v) is 8.44. The smallest absolute Gasteiger partial charge is 0.225 e. The Labute approximate surface area is 144 Å². The summed E-state index contributed by atoms with van der Waals surface area (Å²) in [6.07, 6.45) is 4.69. The summed E-state index contributed by atoms with van der Waals surface area (Å²) in [5, 5.41) is 16.6. The summed E-state index contributed by atoms with van der Waals surface area (Å²) < 4.78 is 0. The molecule has 3 N–H and O–H groups in total. The maximum absolute atomic E-state index is 9.64. The number of rotatable bonds is 5. The van der Waals surface area contributed by atoms with Crippen molar-refractivity contribution in [1.29, 1.82) is 0 Å². The second-order valence-corrected chi connectivity index (χ2v) is 6.92. The van der Waals surface area contributed by atoms with E-state index in [-0.39, 0.29) is 15.8 Å². The van der Waals surface area contributed by atoms with E-state index in [1.807, 2.05) is 6.07 Å². The highest BCUT2D eigenvalue weighted by Crippen LogP contribution is 2.41. The van der Waals surface area contributed by atoms with Crippen LogP contribution in [0.2, 0.25) is 10.0 Å². The van der Waals surface area contributed by atoms with E-state index >= 15 is 0 Å². The van der Waals surface area contributed by atoms with Crippen LogP contribution in [0.3, 0.4) is 0 Å². The maximum atomic E-state index is 9.64. The highest BCUT2D eigenvalue weighted by Gasteiger charge is 2.28. The van der Waals surface area contributed by atoms with Gasteiger partial charge in [-0.15, -0.1) is 0 Å². The molecule has 23 heavy (non-hydrogen) atoms. The molecule has 0 radical (unpaired) electrons. The van der Waals surface area contributed by atoms with E-state index in [9.17, 15) is 5.11 Å². The molecule has 120 valence electrons. The number of benzene rings is 1. The summed E-state index contributed by atoms with van der Waals surface area (Å²) >= 11 is 11.9. The number of aromatic hydroxyl groups is 1. The van der Waals surface area contributed by atoms with E-state index in [1.165, 1.54) is 25.7 Å². The molecule has 0 spiro atoms. The van der Waals surface area contributed by atoms with Crippen molar-refractivity contribution in [1.82, 2.24) is 9.97 Å². The molecule has 2 fully saturated rings. The molecule has 0 unspecified atom stereocenters. The van der Waals surface area contributed by atoms with Gasteiger partial charge in [-0.25, -0.2) is 4.98 Å². The van der Waals surface area contributed by atoms with Gasteiger partial charge in [0, 0.05) is 23.7 Å². The Morgan fingerprint density at radius 3 is 2.30 bits per heavy atom. The molecule has 5 nitrogen and oxygen atoms in total. The Morgan fingerprint density at radius 2 is 1.70 bits per heavy atom. The van der Waals surface area contributed by atoms with Crippen LogP contribution in [-0.2, 0) is 0 Å². The normalized spacial score (nSPS) is 17.1. The summed E-state index contributed by atoms with van der Waals surface area (Å²) in [6, 6.07) is 5.70. The molecule has 2 aliphatic rings. The van der Waals surface area contributed by atoms with Crippen LogP contribution in [0, 0.1) is 0 Å². The zero-order chi connectivity index (χ0) is 16.0. The van der Waals surface area contributed by atoms with Crippen molar-refractivity contribution in [2.24, 2.45) is 0 Å². The number of phenolic OH excluding ortho intramolecular Hbond substituents is 1. The van der Waals surface area contributed by atoms with Gasteiger partial charge in [0.1, 0.15) is 5.82 Å². The third-order valence-electron chi connectivity index (χ3n) is 3.94. The minimum absolute atomic E-state index is 0.115. The first-order chi connectivity index (χ1) is 11.1. The topological polar surface area (TPSA) is 70.1 Å². The Bertz CT molecular complexity index is 737. The molecule has 0 aliphatic heterocycles. The van der Waals surface area contributed by atoms with Crippen LogP contribution < -0.4 is 10.6 Å². The molecule has 7 heteroatoms. The Kier molecular flexibility index (Phi) is 3.70. The van der Waals surface area contributed by atoms with Crippen molar-refractivity contribution < 1.29 is 5.11 Å². The third-order valence-corrected chi connectivity index (χ3v) is 4.52. The predicted octanol–water partition coefficient (Wildman–Crippen LogP) is 4.68. The SMILES string of the molecule is Oc1c(Cl)cc(Nc2cc(C3CC3)nc(NC3CC3)n2)cc1Cl. The Balaban J connectivity index is 1.63. The van der Waals surface area contributed by atoms with E-state index in [2.05, 4.69) is 20.6 Å². The number of phenols is 1. The second-order valence-electron chi connectivity index (χ2n) is 6.11. The molecule has 1 heterocycles. The minimum atomic E-state index is -0.115. The lowest BCUT2D eigenvalue weighted by atomic mass is 10.2. The van der Waals surface area contributed by atoms with Gasteiger partial charge in [0.25, 0.3) is 0 Å². The summed E-state index contributed by atoms with van der Waals surface area (Å²) in [5.74, 6) is 1.78. The van der Waals surface area contributed by atoms with Gasteiger partial charge in [-0.1, -0.05) is 23.2 Å². The molecule has 1 aromatic carbocycles. The lowest BCUT2D eigenvalue weighted by Crippen LogP contribution is -2.08. The maximum Gasteiger partial charge on any atom is 0.225 e. The fourth-order valence-electron chi connectivity index (χ4n) is 2.38. The first-order valence-electron chi connectivity index (χ1n) is 7.69. The van der Waals surface area contributed by atoms with Crippen molar-refractivity contribution in [3.8, 4) is 5.75 Å². The number of hydrogen-bond donors (Lipinski definition) is 3. The zero-order valence-electron chi connectivity index (χ0n) is 12.3. The van der Waals surface area contributed by atoms with Gasteiger partial charge in [-0.3, -0.25) is 0 Å². The molecular formula is C16H16Cl2N4O. The van der Waals surface area contributed by atoms with E-state index in [1.54, 1.807) is 12.1 Å². The first kappa shape index (κ1) is 14.8. The van der Waals surface area contributed by atoms with Crippen molar-refractivity contribution in [2.45, 2.75) is 37.6 Å². The van der Waals surface area contributed by atoms with E-state index < -0.39 is 0 Å². The van der Waals surface area contributed by atoms with Crippen LogP contribution in [0.15, 0.2) is 18.2 Å². The number of nitrogens with zero attached hydrogens (tertiary/aromatic N) is 2. The molecule has 0 bridgehead atoms. The molecule has 2 aromatic rings. The lowest BCUT2D eigenvalue weighted by molar-refractivity contribution is 0.476. The number of nitrogens with one attached hydrogen (secondary N) is 2. The molecule has 2 aliphatic carbocycles. The minimum Gasteiger partial charge on any atom is -0.505 e. The monoisotopic (exact) mass is 350 g/mol. The molecule has 4 rings (SSSR count). The van der Waals surface area contributed by atoms with Crippen LogP contribution >= 0.6 is 23.2 Å². The lowest BCUT2D eigenvalue weighted by Gasteiger charge is -2.12. The van der Waals surface area contributed by atoms with Crippen molar-refractivity contribution in [3.63, 3.8) is 0 Å². The van der Waals surface area contributed by atoms with Gasteiger partial charge in [0.15, 0.2) is 5.75 Å². The van der Waals surface area contributed by atoms with Crippen LogP contribution in [0.5, 0.6) is 5.75 Å². The quantitative estimate of drug-likeness (QED) is 0.682. The predicted molar refractivity (Wildman–Crippen MR) is 92.1 cm³/mol. The number of halogens is 2. The zero-order valence-corrected chi connectivity index (χ0v) is 13.8. The van der Waals surface area contributed by atoms with Crippen LogP contribution in [0.25, 0.3) is 0 Å². The second kappa shape index (κ2) is 5.73. The van der Waals surface area contributed by atoms with E-state index in [0.717, 1.165) is 5.69 Å². The van der Waals surface area contributed by atoms with Gasteiger partial charge in [-0.2, -0.15) is 4.98 Å². The van der Waals surface area contributed by atoms with Gasteiger partial charge in [0.2, 0.25) is 5.95 Å². The van der Waals surface area contributed by atoms with Gasteiger partial charge >= 0.3 is 0 Å². The Hall–Kier alpha value is -1.72. The summed E-state index contributed by atoms with van der Waals surface area (Å²) in [6.45, 7) is 0. The summed E-state index contributed by atoms with van der Waals surface area (Å²) in [7, 11) is 0. The standard InChI is InChI=1S/C16H16Cl2N4O/c17-11-5-10(6-12(18)15(11)23)19-14-7-13(8-1-2-8)21-16(22-14)20-9-3-4-9/h5-9,23H,1-4H2,(H2,19,20,21,22). The number of anilines is 3. The van der Waals surface area contributed by atoms with Crippen LogP contribution in [-0.4, -0.2) is 21.1 Å². The fraction of sp³-hybridized carbons (Fsp3) is 0.375. The van der Waals surface area contributed by atoms with Crippen molar-refractivity contribution in [3.05, 3.63) is 33.9 Å². The highest BCUT2D eigenvalue weighted by molar-refractivity contribution is 6.37. The largest absolute Gasteiger partial charge is 0.505 e. The molecule has 1 aromatic heterocycles. The summed E-state index contributed by atoms with van der Waals surface area (Å²) in [4.78, 5) is 9.13. The molecule has 0 amide bonds. The summed E-state index contributed by atoms with van der Waals surface area (Å²) in [5.41, 5.74) is 1.73. The van der Waals surface area contributed by atoms with E-state index in [0.29, 0.717) is 29.4 Å². The average Bonchev–Trinajstić information content (AvgIpc) is 3.37. The highest BCUT2D eigenvalue weighted by atomic mass is 35.5. The number of hydrogen-bond acceptors (Lipinski definition) is 5. The van der Waals surface area contributed by atoms with Crippen molar-refractivity contribution in [2.75, 3.05) is 10.6 Å². The molecule has 0 saturated heterocycles. The van der Waals surface area contributed by atoms with E-state index in [4.69, 9.17) is 23.2 Å². The molecular weight excluding hydrogens is 335 g/mol. The van der Waals surface area contributed by atoms with Crippen LogP contribution in [0.1, 0.15) is 37.3 Å². The van der Waals surface area contributed by atoms with Gasteiger partial charge in [0.05, 0.1) is 15.7 Å². The molecule has 2 saturated carbocycles. The average molecular weight is 351 g/mol. The molecule has 0 atom stereocenters. The van der Waals surface area contributed by atoms with Gasteiger partial charge in [-0.05, 0) is 37.8 Å². The van der Waals surface area contributed by atoms with Gasteiger partial charge < -0.3 is 15.7 Å². The van der Waals surface area contributed by atoms with Crippen LogP contribution in [0.4, 0.5) is 17.5 Å². The van der Waals surface area contributed by atoms with Crippen molar-refractivity contribution >= 4 is 40.7 Å². The Morgan fingerprint density at radius 1 is 1.00 bits per heavy atom. The third kappa shape index (κ3) is 3.46.